The summed E-state index contributed by atoms with van der Waals surface area (Å²) in [4.78, 5) is 22.1. The molecule has 0 aliphatic carbocycles. The van der Waals surface area contributed by atoms with Crippen molar-refractivity contribution in [3.05, 3.63) is 83.3 Å². The summed E-state index contributed by atoms with van der Waals surface area (Å²) in [7, 11) is 0. The van der Waals surface area contributed by atoms with Gasteiger partial charge in [-0.15, -0.1) is 11.3 Å². The Morgan fingerprint density at radius 3 is 2.44 bits per heavy atom. The molecule has 2 aromatic heterocycles. The quantitative estimate of drug-likeness (QED) is 0.405. The third-order valence-electron chi connectivity index (χ3n) is 5.75. The van der Waals surface area contributed by atoms with Gasteiger partial charge >= 0.3 is 0 Å². The molecule has 1 saturated heterocycles. The molecule has 0 spiro atoms. The number of piperazine rings is 1. The molecule has 5 nitrogen and oxygen atoms in total. The van der Waals surface area contributed by atoms with Crippen molar-refractivity contribution in [1.29, 1.82) is 0 Å². The zero-order valence-electron chi connectivity index (χ0n) is 17.5. The lowest BCUT2D eigenvalue weighted by Crippen LogP contribution is -2.49. The van der Waals surface area contributed by atoms with E-state index in [9.17, 15) is 4.79 Å². The van der Waals surface area contributed by atoms with Crippen LogP contribution in [0.15, 0.2) is 78.3 Å². The molecule has 32 heavy (non-hydrogen) atoms. The molecule has 0 radical (unpaired) electrons. The molecular formula is C25H23ClN4OS. The number of aromatic nitrogens is 2. The fourth-order valence-electron chi connectivity index (χ4n) is 3.99. The highest BCUT2D eigenvalue weighted by Crippen LogP contribution is 2.29. The van der Waals surface area contributed by atoms with Gasteiger partial charge < -0.3 is 14.4 Å². The van der Waals surface area contributed by atoms with Crippen LogP contribution in [-0.4, -0.2) is 46.5 Å². The van der Waals surface area contributed by atoms with Gasteiger partial charge in [0.25, 0.3) is 0 Å². The number of hydrogen-bond acceptors (Lipinski definition) is 4. The SMILES string of the molecule is O=C(Cn1cccc1-c1nc(-c2ccccc2)cs1)N1CCN(c2ccc(Cl)cc2)CC1. The second-order valence-corrected chi connectivity index (χ2v) is 9.06. The van der Waals surface area contributed by atoms with E-state index in [1.807, 2.05) is 70.3 Å². The number of carbonyl (C=O) groups is 1. The van der Waals surface area contributed by atoms with E-state index in [1.165, 1.54) is 0 Å². The average molecular weight is 463 g/mol. The Morgan fingerprint density at radius 1 is 0.938 bits per heavy atom. The lowest BCUT2D eigenvalue weighted by atomic mass is 10.2. The van der Waals surface area contributed by atoms with Gasteiger partial charge in [0.2, 0.25) is 5.91 Å². The van der Waals surface area contributed by atoms with E-state index in [2.05, 4.69) is 22.4 Å². The predicted octanol–water partition coefficient (Wildman–Crippen LogP) is 5.28. The first-order valence-corrected chi connectivity index (χ1v) is 11.9. The van der Waals surface area contributed by atoms with Crippen molar-refractivity contribution in [2.75, 3.05) is 31.1 Å². The molecule has 5 rings (SSSR count). The maximum absolute atomic E-state index is 13.0. The summed E-state index contributed by atoms with van der Waals surface area (Å²) in [5.41, 5.74) is 4.18. The number of rotatable bonds is 5. The Balaban J connectivity index is 1.23. The van der Waals surface area contributed by atoms with Gasteiger partial charge in [-0.05, 0) is 36.4 Å². The van der Waals surface area contributed by atoms with Gasteiger partial charge in [0.1, 0.15) is 11.6 Å². The number of benzene rings is 2. The molecule has 1 aliphatic rings. The molecule has 162 valence electrons. The summed E-state index contributed by atoms with van der Waals surface area (Å²) in [5.74, 6) is 0.137. The fraction of sp³-hybridized carbons (Fsp3) is 0.200. The minimum atomic E-state index is 0.137. The highest BCUT2D eigenvalue weighted by Gasteiger charge is 2.22. The molecule has 0 atom stereocenters. The molecule has 2 aromatic carbocycles. The van der Waals surface area contributed by atoms with Crippen molar-refractivity contribution in [3.63, 3.8) is 0 Å². The van der Waals surface area contributed by atoms with Crippen molar-refractivity contribution >= 4 is 34.5 Å². The molecule has 1 fully saturated rings. The van der Waals surface area contributed by atoms with Crippen LogP contribution in [-0.2, 0) is 11.3 Å². The van der Waals surface area contributed by atoms with Crippen LogP contribution < -0.4 is 4.90 Å². The topological polar surface area (TPSA) is 41.4 Å². The van der Waals surface area contributed by atoms with Gasteiger partial charge in [0.15, 0.2) is 0 Å². The van der Waals surface area contributed by atoms with Crippen LogP contribution in [0.3, 0.4) is 0 Å². The lowest BCUT2D eigenvalue weighted by Gasteiger charge is -2.36. The predicted molar refractivity (Wildman–Crippen MR) is 131 cm³/mol. The molecule has 0 bridgehead atoms. The first-order chi connectivity index (χ1) is 15.7. The number of anilines is 1. The van der Waals surface area contributed by atoms with Crippen molar-refractivity contribution in [1.82, 2.24) is 14.5 Å². The molecule has 0 saturated carbocycles. The molecule has 3 heterocycles. The molecule has 4 aromatic rings. The molecular weight excluding hydrogens is 440 g/mol. The minimum absolute atomic E-state index is 0.137. The van der Waals surface area contributed by atoms with Gasteiger partial charge in [-0.1, -0.05) is 41.9 Å². The zero-order chi connectivity index (χ0) is 21.9. The van der Waals surface area contributed by atoms with Crippen LogP contribution in [0.25, 0.3) is 22.0 Å². The second-order valence-electron chi connectivity index (χ2n) is 7.77. The highest BCUT2D eigenvalue weighted by atomic mass is 35.5. The van der Waals surface area contributed by atoms with Crippen LogP contribution in [0, 0.1) is 0 Å². The smallest absolute Gasteiger partial charge is 0.242 e. The van der Waals surface area contributed by atoms with E-state index >= 15 is 0 Å². The Bertz CT molecular complexity index is 1190. The summed E-state index contributed by atoms with van der Waals surface area (Å²) < 4.78 is 2.00. The zero-order valence-corrected chi connectivity index (χ0v) is 19.1. The molecule has 1 amide bonds. The number of amides is 1. The van der Waals surface area contributed by atoms with Crippen LogP contribution in [0.2, 0.25) is 5.02 Å². The van der Waals surface area contributed by atoms with E-state index in [0.29, 0.717) is 19.6 Å². The maximum Gasteiger partial charge on any atom is 0.242 e. The first-order valence-electron chi connectivity index (χ1n) is 10.6. The van der Waals surface area contributed by atoms with Crippen LogP contribution >= 0.6 is 22.9 Å². The number of halogens is 1. The van der Waals surface area contributed by atoms with E-state index in [4.69, 9.17) is 16.6 Å². The van der Waals surface area contributed by atoms with Gasteiger partial charge in [0, 0.05) is 54.0 Å². The highest BCUT2D eigenvalue weighted by molar-refractivity contribution is 7.13. The van der Waals surface area contributed by atoms with Crippen LogP contribution in [0.4, 0.5) is 5.69 Å². The summed E-state index contributed by atoms with van der Waals surface area (Å²) in [6.07, 6.45) is 1.96. The van der Waals surface area contributed by atoms with Crippen molar-refractivity contribution in [2.45, 2.75) is 6.54 Å². The molecule has 0 N–H and O–H groups in total. The molecule has 1 aliphatic heterocycles. The van der Waals surface area contributed by atoms with Crippen LogP contribution in [0.1, 0.15) is 0 Å². The minimum Gasteiger partial charge on any atom is -0.368 e. The van der Waals surface area contributed by atoms with Crippen molar-refractivity contribution in [2.24, 2.45) is 0 Å². The van der Waals surface area contributed by atoms with Gasteiger partial charge in [-0.2, -0.15) is 0 Å². The third-order valence-corrected chi connectivity index (χ3v) is 6.87. The Kier molecular flexibility index (Phi) is 5.97. The Labute approximate surface area is 196 Å². The van der Waals surface area contributed by atoms with E-state index in [-0.39, 0.29) is 5.91 Å². The average Bonchev–Trinajstić information content (AvgIpc) is 3.50. The van der Waals surface area contributed by atoms with Gasteiger partial charge in [-0.25, -0.2) is 4.98 Å². The Morgan fingerprint density at radius 2 is 1.69 bits per heavy atom. The molecule has 7 heteroatoms. The van der Waals surface area contributed by atoms with Gasteiger partial charge in [-0.3, -0.25) is 4.79 Å². The summed E-state index contributed by atoms with van der Waals surface area (Å²) in [6.45, 7) is 3.39. The van der Waals surface area contributed by atoms with Crippen molar-refractivity contribution in [3.8, 4) is 22.0 Å². The van der Waals surface area contributed by atoms with E-state index < -0.39 is 0 Å². The monoisotopic (exact) mass is 462 g/mol. The lowest BCUT2D eigenvalue weighted by molar-refractivity contribution is -0.132. The third kappa shape index (κ3) is 4.42. The normalized spacial score (nSPS) is 14.0. The maximum atomic E-state index is 13.0. The number of nitrogens with zero attached hydrogens (tertiary/aromatic N) is 4. The second kappa shape index (κ2) is 9.18. The standard InChI is InChI=1S/C25H23ClN4OS/c26-20-8-10-21(11-9-20)28-13-15-29(16-14-28)24(31)17-30-12-4-7-23(30)25-27-22(18-32-25)19-5-2-1-3-6-19/h1-12,18H,13-17H2. The van der Waals surface area contributed by atoms with Crippen molar-refractivity contribution < 1.29 is 4.79 Å². The first kappa shape index (κ1) is 20.8. The van der Waals surface area contributed by atoms with E-state index in [1.54, 1.807) is 11.3 Å². The fourth-order valence-corrected chi connectivity index (χ4v) is 4.99. The number of carbonyl (C=O) groups excluding carboxylic acids is 1. The van der Waals surface area contributed by atoms with E-state index in [0.717, 1.165) is 45.8 Å². The summed E-state index contributed by atoms with van der Waals surface area (Å²) in [6, 6.07) is 22.0. The largest absolute Gasteiger partial charge is 0.368 e. The Hall–Kier alpha value is -3.09. The van der Waals surface area contributed by atoms with Gasteiger partial charge in [0.05, 0.1) is 11.4 Å². The summed E-state index contributed by atoms with van der Waals surface area (Å²) in [5, 5.41) is 3.73. The summed E-state index contributed by atoms with van der Waals surface area (Å²) >= 11 is 7.60. The van der Waals surface area contributed by atoms with Crippen LogP contribution in [0.5, 0.6) is 0 Å². The number of hydrogen-bond donors (Lipinski definition) is 0. The number of thiazole rings is 1. The molecule has 0 unspecified atom stereocenters.